The Morgan fingerprint density at radius 3 is 2.76 bits per heavy atom. The van der Waals surface area contributed by atoms with E-state index in [9.17, 15) is 0 Å². The lowest BCUT2D eigenvalue weighted by molar-refractivity contribution is 0.0527. The number of rotatable bonds is 1. The predicted molar refractivity (Wildman–Crippen MR) is 67.7 cm³/mol. The molecule has 1 aliphatic heterocycles. The van der Waals surface area contributed by atoms with Crippen molar-refractivity contribution in [3.63, 3.8) is 0 Å². The second-order valence-electron chi connectivity index (χ2n) is 4.64. The Balaban J connectivity index is 2.16. The van der Waals surface area contributed by atoms with E-state index in [0.717, 1.165) is 31.6 Å². The first-order valence-electron chi connectivity index (χ1n) is 6.00. The molecule has 1 saturated heterocycles. The molecule has 0 radical (unpaired) electrons. The number of nitrogens with zero attached hydrogens (tertiary/aromatic N) is 1. The van der Waals surface area contributed by atoms with E-state index in [0.29, 0.717) is 0 Å². The first kappa shape index (κ1) is 10.7. The molecule has 0 unspecified atom stereocenters. The number of fused-ring (bicyclic) bond motifs is 1. The Kier molecular flexibility index (Phi) is 2.57. The molecule has 1 aliphatic rings. The summed E-state index contributed by atoms with van der Waals surface area (Å²) in [6.45, 7) is 1.49. The van der Waals surface area contributed by atoms with Crippen LogP contribution in [0.5, 0.6) is 0 Å². The third-order valence-corrected chi connectivity index (χ3v) is 3.57. The molecule has 1 aromatic heterocycles. The van der Waals surface area contributed by atoms with Gasteiger partial charge in [-0.25, -0.2) is 0 Å². The quantitative estimate of drug-likeness (QED) is 0.814. The zero-order chi connectivity index (χ0) is 11.7. The average Bonchev–Trinajstić information content (AvgIpc) is 2.39. The zero-order valence-electron chi connectivity index (χ0n) is 9.73. The molecule has 17 heavy (non-hydrogen) atoms. The fourth-order valence-corrected chi connectivity index (χ4v) is 2.54. The van der Waals surface area contributed by atoms with Crippen LogP contribution in [0.2, 0.25) is 0 Å². The molecule has 1 fully saturated rings. The summed E-state index contributed by atoms with van der Waals surface area (Å²) in [5, 5.41) is 1.17. The van der Waals surface area contributed by atoms with Crippen molar-refractivity contribution < 1.29 is 4.74 Å². The number of hydrogen-bond donors (Lipinski definition) is 1. The van der Waals surface area contributed by atoms with Gasteiger partial charge >= 0.3 is 0 Å². The first-order valence-corrected chi connectivity index (χ1v) is 6.00. The summed E-state index contributed by atoms with van der Waals surface area (Å²) in [7, 11) is 0. The van der Waals surface area contributed by atoms with E-state index in [1.165, 1.54) is 10.9 Å². The number of pyridine rings is 1. The van der Waals surface area contributed by atoms with Crippen molar-refractivity contribution in [2.45, 2.75) is 18.4 Å². The van der Waals surface area contributed by atoms with Crippen LogP contribution in [-0.2, 0) is 10.3 Å². The van der Waals surface area contributed by atoms with E-state index in [4.69, 9.17) is 10.5 Å². The van der Waals surface area contributed by atoms with Gasteiger partial charge in [-0.2, -0.15) is 0 Å². The molecule has 0 aliphatic carbocycles. The van der Waals surface area contributed by atoms with E-state index in [1.54, 1.807) is 0 Å². The molecule has 3 rings (SSSR count). The second-order valence-corrected chi connectivity index (χ2v) is 4.64. The normalized spacial score (nSPS) is 19.4. The molecule has 2 heterocycles. The van der Waals surface area contributed by atoms with E-state index in [2.05, 4.69) is 17.1 Å². The molecular formula is C14H16N2O. The zero-order valence-corrected chi connectivity index (χ0v) is 9.73. The lowest BCUT2D eigenvalue weighted by atomic mass is 9.82. The predicted octanol–water partition coefficient (Wildman–Crippen LogP) is 2.20. The highest BCUT2D eigenvalue weighted by Gasteiger charge is 2.31. The Hall–Kier alpha value is -1.45. The van der Waals surface area contributed by atoms with Crippen LogP contribution in [-0.4, -0.2) is 18.2 Å². The monoisotopic (exact) mass is 228 g/mol. The molecule has 3 nitrogen and oxygen atoms in total. The highest BCUT2D eigenvalue weighted by molar-refractivity contribution is 5.83. The van der Waals surface area contributed by atoms with Crippen molar-refractivity contribution >= 4 is 10.9 Å². The maximum atomic E-state index is 6.54. The number of aromatic nitrogens is 1. The smallest absolute Gasteiger partial charge is 0.0705 e. The number of benzene rings is 1. The summed E-state index contributed by atoms with van der Waals surface area (Å²) in [5.74, 6) is 0. The molecule has 2 N–H and O–H groups in total. The van der Waals surface area contributed by atoms with Crippen LogP contribution in [0.15, 0.2) is 36.5 Å². The van der Waals surface area contributed by atoms with Gasteiger partial charge in [-0.05, 0) is 30.5 Å². The van der Waals surface area contributed by atoms with Gasteiger partial charge in [0.2, 0.25) is 0 Å². The van der Waals surface area contributed by atoms with Gasteiger partial charge in [0.05, 0.1) is 5.52 Å². The van der Waals surface area contributed by atoms with Crippen LogP contribution in [0.4, 0.5) is 0 Å². The van der Waals surface area contributed by atoms with Gasteiger partial charge in [0.15, 0.2) is 0 Å². The average molecular weight is 228 g/mol. The van der Waals surface area contributed by atoms with Crippen LogP contribution in [0.3, 0.4) is 0 Å². The van der Waals surface area contributed by atoms with E-state index in [1.807, 2.05) is 24.4 Å². The van der Waals surface area contributed by atoms with E-state index in [-0.39, 0.29) is 5.54 Å². The van der Waals surface area contributed by atoms with Gasteiger partial charge in [0.25, 0.3) is 0 Å². The number of ether oxygens (including phenoxy) is 1. The van der Waals surface area contributed by atoms with Crippen LogP contribution in [0, 0.1) is 0 Å². The first-order chi connectivity index (χ1) is 8.30. The van der Waals surface area contributed by atoms with Gasteiger partial charge in [0.1, 0.15) is 0 Å². The van der Waals surface area contributed by atoms with Crippen molar-refractivity contribution in [1.82, 2.24) is 4.98 Å². The highest BCUT2D eigenvalue weighted by atomic mass is 16.5. The maximum Gasteiger partial charge on any atom is 0.0705 e. The molecule has 3 heteroatoms. The summed E-state index contributed by atoms with van der Waals surface area (Å²) in [4.78, 5) is 4.38. The third kappa shape index (κ3) is 1.81. The van der Waals surface area contributed by atoms with Crippen LogP contribution < -0.4 is 5.73 Å². The number of nitrogens with two attached hydrogens (primary N) is 1. The molecule has 1 aromatic carbocycles. The lowest BCUT2D eigenvalue weighted by Gasteiger charge is -2.34. The number of hydrogen-bond acceptors (Lipinski definition) is 3. The largest absolute Gasteiger partial charge is 0.381 e. The molecular weight excluding hydrogens is 212 g/mol. The summed E-state index contributed by atoms with van der Waals surface area (Å²) in [6.07, 6.45) is 3.57. The minimum atomic E-state index is -0.263. The van der Waals surface area contributed by atoms with Gasteiger partial charge in [-0.3, -0.25) is 4.98 Å². The second kappa shape index (κ2) is 4.09. The van der Waals surface area contributed by atoms with Crippen molar-refractivity contribution in [2.75, 3.05) is 13.2 Å². The minimum absolute atomic E-state index is 0.263. The van der Waals surface area contributed by atoms with Crippen LogP contribution >= 0.6 is 0 Å². The molecule has 0 saturated carbocycles. The van der Waals surface area contributed by atoms with E-state index < -0.39 is 0 Å². The van der Waals surface area contributed by atoms with Crippen molar-refractivity contribution in [3.8, 4) is 0 Å². The fourth-order valence-electron chi connectivity index (χ4n) is 2.54. The van der Waals surface area contributed by atoms with Crippen LogP contribution in [0.25, 0.3) is 10.9 Å². The molecule has 0 atom stereocenters. The van der Waals surface area contributed by atoms with Gasteiger partial charge < -0.3 is 10.5 Å². The molecule has 0 amide bonds. The molecule has 0 spiro atoms. The van der Waals surface area contributed by atoms with Crippen molar-refractivity contribution in [1.29, 1.82) is 0 Å². The van der Waals surface area contributed by atoms with Crippen molar-refractivity contribution in [2.24, 2.45) is 5.73 Å². The van der Waals surface area contributed by atoms with Gasteiger partial charge in [-0.15, -0.1) is 0 Å². The minimum Gasteiger partial charge on any atom is -0.381 e. The van der Waals surface area contributed by atoms with Crippen LogP contribution in [0.1, 0.15) is 18.4 Å². The summed E-state index contributed by atoms with van der Waals surface area (Å²) < 4.78 is 5.40. The Morgan fingerprint density at radius 1 is 1.12 bits per heavy atom. The SMILES string of the molecule is NC1(c2cccc3ncccc23)CCOCC1. The Bertz CT molecular complexity index is 527. The maximum absolute atomic E-state index is 6.54. The topological polar surface area (TPSA) is 48.1 Å². The molecule has 0 bridgehead atoms. The third-order valence-electron chi connectivity index (χ3n) is 3.57. The van der Waals surface area contributed by atoms with Gasteiger partial charge in [0, 0.05) is 30.3 Å². The standard InChI is InChI=1S/C14H16N2O/c15-14(6-9-17-10-7-14)12-4-1-5-13-11(12)3-2-8-16-13/h1-5,8H,6-7,9-10,15H2. The highest BCUT2D eigenvalue weighted by Crippen LogP contribution is 2.33. The fraction of sp³-hybridized carbons (Fsp3) is 0.357. The lowest BCUT2D eigenvalue weighted by Crippen LogP contribution is -2.42. The summed E-state index contributed by atoms with van der Waals surface area (Å²) in [6, 6.07) is 10.3. The molecule has 2 aromatic rings. The Morgan fingerprint density at radius 2 is 1.94 bits per heavy atom. The summed E-state index contributed by atoms with van der Waals surface area (Å²) in [5.41, 5.74) is 8.49. The summed E-state index contributed by atoms with van der Waals surface area (Å²) >= 11 is 0. The van der Waals surface area contributed by atoms with Gasteiger partial charge in [-0.1, -0.05) is 18.2 Å². The Labute approximate surface area is 101 Å². The molecule has 88 valence electrons. The van der Waals surface area contributed by atoms with E-state index >= 15 is 0 Å². The van der Waals surface area contributed by atoms with Crippen molar-refractivity contribution in [3.05, 3.63) is 42.1 Å².